The first-order valence-corrected chi connectivity index (χ1v) is 7.73. The standard InChI is InChI=1S/C20H18ClN/c1-15-8-9-19(14-16(15)2)20(21,17-6-4-3-5-7-17)18-10-12-22-13-11-18/h3-14H,1-2H3. The summed E-state index contributed by atoms with van der Waals surface area (Å²) in [5.41, 5.74) is 5.68. The summed E-state index contributed by atoms with van der Waals surface area (Å²) in [5.74, 6) is 0. The van der Waals surface area contributed by atoms with Crippen molar-refractivity contribution in [2.24, 2.45) is 0 Å². The van der Waals surface area contributed by atoms with Crippen molar-refractivity contribution < 1.29 is 0 Å². The van der Waals surface area contributed by atoms with Crippen LogP contribution in [-0.4, -0.2) is 4.98 Å². The molecule has 1 aromatic heterocycles. The molecule has 0 N–H and O–H groups in total. The van der Waals surface area contributed by atoms with Crippen LogP contribution < -0.4 is 0 Å². The topological polar surface area (TPSA) is 12.9 Å². The zero-order valence-corrected chi connectivity index (χ0v) is 13.5. The number of benzene rings is 2. The average Bonchev–Trinajstić information content (AvgIpc) is 2.58. The van der Waals surface area contributed by atoms with Crippen molar-refractivity contribution in [3.63, 3.8) is 0 Å². The maximum atomic E-state index is 7.21. The fourth-order valence-electron chi connectivity index (χ4n) is 2.71. The molecule has 22 heavy (non-hydrogen) atoms. The Morgan fingerprint density at radius 1 is 0.727 bits per heavy atom. The van der Waals surface area contributed by atoms with Crippen LogP contribution in [0, 0.1) is 13.8 Å². The van der Waals surface area contributed by atoms with Crippen LogP contribution in [0.5, 0.6) is 0 Å². The third-order valence-electron chi connectivity index (χ3n) is 4.15. The van der Waals surface area contributed by atoms with E-state index in [0.717, 1.165) is 16.7 Å². The summed E-state index contributed by atoms with van der Waals surface area (Å²) < 4.78 is 0. The van der Waals surface area contributed by atoms with Gasteiger partial charge in [0, 0.05) is 12.4 Å². The lowest BCUT2D eigenvalue weighted by atomic mass is 9.83. The van der Waals surface area contributed by atoms with Gasteiger partial charge in [-0.2, -0.15) is 0 Å². The molecule has 0 aliphatic heterocycles. The normalized spacial score (nSPS) is 13.6. The predicted molar refractivity (Wildman–Crippen MR) is 92.3 cm³/mol. The van der Waals surface area contributed by atoms with Crippen molar-refractivity contribution in [2.75, 3.05) is 0 Å². The lowest BCUT2D eigenvalue weighted by Crippen LogP contribution is -2.22. The van der Waals surface area contributed by atoms with Gasteiger partial charge in [-0.3, -0.25) is 4.98 Å². The van der Waals surface area contributed by atoms with E-state index >= 15 is 0 Å². The molecular weight excluding hydrogens is 290 g/mol. The maximum Gasteiger partial charge on any atom is 0.119 e. The summed E-state index contributed by atoms with van der Waals surface area (Å²) in [6.07, 6.45) is 3.58. The number of halogens is 1. The van der Waals surface area contributed by atoms with Crippen LogP contribution in [0.3, 0.4) is 0 Å². The third-order valence-corrected chi connectivity index (χ3v) is 4.81. The fourth-order valence-corrected chi connectivity index (χ4v) is 3.07. The Morgan fingerprint density at radius 2 is 1.36 bits per heavy atom. The van der Waals surface area contributed by atoms with E-state index in [1.807, 2.05) is 30.3 Å². The van der Waals surface area contributed by atoms with Gasteiger partial charge in [0.15, 0.2) is 0 Å². The molecule has 0 saturated carbocycles. The van der Waals surface area contributed by atoms with Crippen LogP contribution in [0.15, 0.2) is 73.1 Å². The van der Waals surface area contributed by atoms with Gasteiger partial charge >= 0.3 is 0 Å². The number of hydrogen-bond acceptors (Lipinski definition) is 1. The minimum Gasteiger partial charge on any atom is -0.265 e. The Morgan fingerprint density at radius 3 is 2.00 bits per heavy atom. The lowest BCUT2D eigenvalue weighted by molar-refractivity contribution is 0.872. The number of pyridine rings is 1. The maximum absolute atomic E-state index is 7.21. The van der Waals surface area contributed by atoms with Gasteiger partial charge in [-0.1, -0.05) is 48.5 Å². The van der Waals surface area contributed by atoms with Gasteiger partial charge in [0.05, 0.1) is 0 Å². The molecule has 110 valence electrons. The van der Waals surface area contributed by atoms with E-state index in [4.69, 9.17) is 11.6 Å². The number of aromatic nitrogens is 1. The molecule has 0 fully saturated rings. The second kappa shape index (κ2) is 5.94. The van der Waals surface area contributed by atoms with Crippen molar-refractivity contribution in [1.29, 1.82) is 0 Å². The van der Waals surface area contributed by atoms with Gasteiger partial charge in [-0.05, 0) is 53.8 Å². The Labute approximate surface area is 136 Å². The molecule has 1 unspecified atom stereocenters. The number of aryl methyl sites for hydroxylation is 2. The molecule has 3 rings (SSSR count). The average molecular weight is 308 g/mol. The second-order valence-electron chi connectivity index (χ2n) is 5.56. The molecule has 0 spiro atoms. The van der Waals surface area contributed by atoms with Crippen molar-refractivity contribution in [3.05, 3.63) is 101 Å². The molecule has 1 nitrogen and oxygen atoms in total. The van der Waals surface area contributed by atoms with Gasteiger partial charge in [0.25, 0.3) is 0 Å². The lowest BCUT2D eigenvalue weighted by Gasteiger charge is -2.29. The summed E-state index contributed by atoms with van der Waals surface area (Å²) in [6, 6.07) is 20.6. The fraction of sp³-hybridized carbons (Fsp3) is 0.150. The highest BCUT2D eigenvalue weighted by molar-refractivity contribution is 6.28. The zero-order chi connectivity index (χ0) is 15.6. The first-order valence-electron chi connectivity index (χ1n) is 7.35. The first-order chi connectivity index (χ1) is 10.6. The van der Waals surface area contributed by atoms with Crippen LogP contribution in [-0.2, 0) is 4.87 Å². The highest BCUT2D eigenvalue weighted by Gasteiger charge is 2.34. The molecule has 0 radical (unpaired) electrons. The van der Waals surface area contributed by atoms with E-state index in [1.165, 1.54) is 11.1 Å². The highest BCUT2D eigenvalue weighted by atomic mass is 35.5. The molecule has 1 heterocycles. The molecule has 0 aliphatic carbocycles. The molecule has 2 aromatic carbocycles. The van der Waals surface area contributed by atoms with Crippen LogP contribution in [0.4, 0.5) is 0 Å². The van der Waals surface area contributed by atoms with Crippen molar-refractivity contribution in [2.45, 2.75) is 18.7 Å². The molecule has 3 aromatic rings. The predicted octanol–water partition coefficient (Wildman–Crippen LogP) is 5.23. The number of hydrogen-bond donors (Lipinski definition) is 0. The summed E-state index contributed by atoms with van der Waals surface area (Å²) in [4.78, 5) is 3.41. The van der Waals surface area contributed by atoms with Crippen molar-refractivity contribution >= 4 is 11.6 Å². The van der Waals surface area contributed by atoms with E-state index in [2.05, 4.69) is 49.2 Å². The number of alkyl halides is 1. The highest BCUT2D eigenvalue weighted by Crippen LogP contribution is 2.43. The van der Waals surface area contributed by atoms with E-state index in [1.54, 1.807) is 12.4 Å². The summed E-state index contributed by atoms with van der Waals surface area (Å²) in [7, 11) is 0. The Hall–Kier alpha value is -2.12. The van der Waals surface area contributed by atoms with Crippen LogP contribution in [0.25, 0.3) is 0 Å². The quantitative estimate of drug-likeness (QED) is 0.604. The first kappa shape index (κ1) is 14.8. The van der Waals surface area contributed by atoms with Crippen LogP contribution in [0.1, 0.15) is 27.8 Å². The molecule has 1 atom stereocenters. The van der Waals surface area contributed by atoms with Gasteiger partial charge in [-0.15, -0.1) is 11.6 Å². The third kappa shape index (κ3) is 2.53. The van der Waals surface area contributed by atoms with Gasteiger partial charge in [0.1, 0.15) is 4.87 Å². The minimum atomic E-state index is -0.706. The van der Waals surface area contributed by atoms with Crippen LogP contribution in [0.2, 0.25) is 0 Å². The summed E-state index contributed by atoms with van der Waals surface area (Å²) >= 11 is 7.21. The van der Waals surface area contributed by atoms with E-state index in [-0.39, 0.29) is 0 Å². The van der Waals surface area contributed by atoms with Crippen molar-refractivity contribution in [1.82, 2.24) is 4.98 Å². The molecule has 0 bridgehead atoms. The van der Waals surface area contributed by atoms with Crippen molar-refractivity contribution in [3.8, 4) is 0 Å². The minimum absolute atomic E-state index is 0.706. The number of nitrogens with zero attached hydrogens (tertiary/aromatic N) is 1. The molecule has 0 amide bonds. The largest absolute Gasteiger partial charge is 0.265 e. The monoisotopic (exact) mass is 307 g/mol. The smallest absolute Gasteiger partial charge is 0.119 e. The molecule has 0 aliphatic rings. The Bertz CT molecular complexity index is 727. The van der Waals surface area contributed by atoms with E-state index in [0.29, 0.717) is 0 Å². The van der Waals surface area contributed by atoms with E-state index < -0.39 is 4.87 Å². The van der Waals surface area contributed by atoms with Gasteiger partial charge in [-0.25, -0.2) is 0 Å². The summed E-state index contributed by atoms with van der Waals surface area (Å²) in [6.45, 7) is 4.23. The summed E-state index contributed by atoms with van der Waals surface area (Å²) in [5, 5.41) is 0. The molecular formula is C20H18ClN. The van der Waals surface area contributed by atoms with Gasteiger partial charge < -0.3 is 0 Å². The van der Waals surface area contributed by atoms with Gasteiger partial charge in [0.2, 0.25) is 0 Å². The molecule has 0 saturated heterocycles. The zero-order valence-electron chi connectivity index (χ0n) is 12.8. The second-order valence-corrected chi connectivity index (χ2v) is 6.13. The Balaban J connectivity index is 2.26. The Kier molecular flexibility index (Phi) is 4.00. The van der Waals surface area contributed by atoms with E-state index in [9.17, 15) is 0 Å². The SMILES string of the molecule is Cc1ccc(C(Cl)(c2ccccc2)c2ccncc2)cc1C. The number of rotatable bonds is 3. The van der Waals surface area contributed by atoms with Crippen LogP contribution >= 0.6 is 11.6 Å². The molecule has 2 heteroatoms.